The van der Waals surface area contributed by atoms with Crippen LogP contribution in [-0.2, 0) is 0 Å². The largest absolute Gasteiger partial charge is 0.393 e. The number of aliphatic hydroxyl groups is 1. The SMILES string of the molecule is CC.CC(CCC1CCCC1)C1CCC2C3CC=C4CC(O)CCC4(C)C3CCC12C. The van der Waals surface area contributed by atoms with E-state index in [2.05, 4.69) is 26.8 Å². The van der Waals surface area contributed by atoms with Crippen LogP contribution in [0.2, 0.25) is 0 Å². The highest BCUT2D eigenvalue weighted by atomic mass is 16.3. The fourth-order valence-corrected chi connectivity index (χ4v) is 9.62. The maximum Gasteiger partial charge on any atom is 0.0577 e. The zero-order valence-corrected chi connectivity index (χ0v) is 21.5. The molecule has 1 N–H and O–H groups in total. The van der Waals surface area contributed by atoms with E-state index in [0.29, 0.717) is 10.8 Å². The van der Waals surface area contributed by atoms with Gasteiger partial charge in [-0.2, -0.15) is 0 Å². The molecule has 0 heterocycles. The Kier molecular flexibility index (Phi) is 7.32. The maximum atomic E-state index is 10.2. The van der Waals surface area contributed by atoms with Gasteiger partial charge in [-0.25, -0.2) is 0 Å². The highest BCUT2D eigenvalue weighted by molar-refractivity contribution is 5.25. The van der Waals surface area contributed by atoms with Crippen LogP contribution in [0.1, 0.15) is 125 Å². The van der Waals surface area contributed by atoms with Crippen LogP contribution in [0.4, 0.5) is 0 Å². The third-order valence-corrected chi connectivity index (χ3v) is 11.3. The summed E-state index contributed by atoms with van der Waals surface area (Å²) < 4.78 is 0. The molecule has 0 saturated heterocycles. The molecule has 1 heteroatoms. The normalized spacial score (nSPS) is 45.6. The van der Waals surface area contributed by atoms with Crippen molar-refractivity contribution in [3.63, 3.8) is 0 Å². The summed E-state index contributed by atoms with van der Waals surface area (Å²) in [7, 11) is 0. The summed E-state index contributed by atoms with van der Waals surface area (Å²) in [6.07, 6.45) is 22.0. The standard InChI is InChI=1S/C28H46O.C2H6/c1-19(8-9-20-6-4-5-7-20)24-12-13-25-23-11-10-21-18-22(29)14-16-27(21,2)26(23)15-17-28(24,25)3;1-2/h10,19-20,22-26,29H,4-9,11-18H2,1-3H3;1-2H3. The minimum absolute atomic E-state index is 0.0729. The van der Waals surface area contributed by atoms with Crippen LogP contribution in [0.3, 0.4) is 0 Å². The number of rotatable bonds is 4. The molecule has 4 saturated carbocycles. The van der Waals surface area contributed by atoms with Gasteiger partial charge in [-0.3, -0.25) is 0 Å². The van der Waals surface area contributed by atoms with Crippen LogP contribution in [0.25, 0.3) is 0 Å². The van der Waals surface area contributed by atoms with Gasteiger partial charge >= 0.3 is 0 Å². The van der Waals surface area contributed by atoms with Crippen LogP contribution < -0.4 is 0 Å². The molecule has 0 spiro atoms. The van der Waals surface area contributed by atoms with Crippen molar-refractivity contribution < 1.29 is 5.11 Å². The molecule has 5 aliphatic rings. The maximum absolute atomic E-state index is 10.2. The van der Waals surface area contributed by atoms with Crippen LogP contribution in [0.5, 0.6) is 0 Å². The van der Waals surface area contributed by atoms with Gasteiger partial charge in [0.15, 0.2) is 0 Å². The number of hydrogen-bond donors (Lipinski definition) is 1. The fourth-order valence-electron chi connectivity index (χ4n) is 9.62. The summed E-state index contributed by atoms with van der Waals surface area (Å²) >= 11 is 0. The van der Waals surface area contributed by atoms with E-state index < -0.39 is 0 Å². The van der Waals surface area contributed by atoms with Crippen molar-refractivity contribution in [3.05, 3.63) is 11.6 Å². The first-order chi connectivity index (χ1) is 14.9. The van der Waals surface area contributed by atoms with Crippen molar-refractivity contribution in [2.45, 2.75) is 131 Å². The smallest absolute Gasteiger partial charge is 0.0577 e. The average molecular weight is 429 g/mol. The second-order valence-corrected chi connectivity index (χ2v) is 12.6. The van der Waals surface area contributed by atoms with Gasteiger partial charge in [-0.05, 0) is 97.7 Å². The van der Waals surface area contributed by atoms with Gasteiger partial charge in [0.05, 0.1) is 6.10 Å². The molecule has 0 aromatic carbocycles. The second-order valence-electron chi connectivity index (χ2n) is 12.6. The zero-order valence-electron chi connectivity index (χ0n) is 21.5. The highest BCUT2D eigenvalue weighted by Crippen LogP contribution is 2.67. The van der Waals surface area contributed by atoms with Gasteiger partial charge in [0.25, 0.3) is 0 Å². The first-order valence-corrected chi connectivity index (χ1v) is 14.3. The lowest BCUT2D eigenvalue weighted by molar-refractivity contribution is -0.0574. The van der Waals surface area contributed by atoms with Crippen molar-refractivity contribution in [2.24, 2.45) is 46.3 Å². The van der Waals surface area contributed by atoms with Crippen LogP contribution in [-0.4, -0.2) is 11.2 Å². The fraction of sp³-hybridized carbons (Fsp3) is 0.933. The van der Waals surface area contributed by atoms with Crippen molar-refractivity contribution in [1.29, 1.82) is 0 Å². The predicted molar refractivity (Wildman–Crippen MR) is 133 cm³/mol. The summed E-state index contributed by atoms with van der Waals surface area (Å²) in [4.78, 5) is 0. The van der Waals surface area contributed by atoms with Gasteiger partial charge in [0.1, 0.15) is 0 Å². The summed E-state index contributed by atoms with van der Waals surface area (Å²) in [6.45, 7) is 11.9. The lowest BCUT2D eigenvalue weighted by Crippen LogP contribution is -2.50. The molecule has 8 unspecified atom stereocenters. The Hall–Kier alpha value is -0.300. The summed E-state index contributed by atoms with van der Waals surface area (Å²) in [5, 5.41) is 10.2. The van der Waals surface area contributed by atoms with E-state index in [9.17, 15) is 5.11 Å². The Morgan fingerprint density at radius 3 is 2.45 bits per heavy atom. The molecule has 31 heavy (non-hydrogen) atoms. The second kappa shape index (κ2) is 9.52. The third kappa shape index (κ3) is 4.20. The summed E-state index contributed by atoms with van der Waals surface area (Å²) in [5.41, 5.74) is 2.63. The molecule has 0 radical (unpaired) electrons. The molecule has 4 fully saturated rings. The highest BCUT2D eigenvalue weighted by Gasteiger charge is 2.59. The molecule has 0 aromatic rings. The van der Waals surface area contributed by atoms with Crippen LogP contribution in [0, 0.1) is 46.3 Å². The summed E-state index contributed by atoms with van der Waals surface area (Å²) in [6, 6.07) is 0. The Balaban J connectivity index is 0.00000112. The number of fused-ring (bicyclic) bond motifs is 5. The Labute approximate surface area is 193 Å². The molecule has 5 aliphatic carbocycles. The van der Waals surface area contributed by atoms with Crippen LogP contribution in [0.15, 0.2) is 11.6 Å². The van der Waals surface area contributed by atoms with Gasteiger partial charge in [0.2, 0.25) is 0 Å². The molecule has 0 bridgehead atoms. The first kappa shape index (κ1) is 23.8. The van der Waals surface area contributed by atoms with Gasteiger partial charge in [0, 0.05) is 0 Å². The minimum Gasteiger partial charge on any atom is -0.393 e. The third-order valence-electron chi connectivity index (χ3n) is 11.3. The quantitative estimate of drug-likeness (QED) is 0.445. The zero-order chi connectivity index (χ0) is 22.2. The Morgan fingerprint density at radius 2 is 1.71 bits per heavy atom. The van der Waals surface area contributed by atoms with E-state index in [1.54, 1.807) is 5.57 Å². The van der Waals surface area contributed by atoms with E-state index in [4.69, 9.17) is 0 Å². The number of hydrogen-bond acceptors (Lipinski definition) is 1. The van der Waals surface area contributed by atoms with E-state index >= 15 is 0 Å². The molecular formula is C30H52O. The first-order valence-electron chi connectivity index (χ1n) is 14.3. The lowest BCUT2D eigenvalue weighted by atomic mass is 9.47. The Morgan fingerprint density at radius 1 is 0.968 bits per heavy atom. The number of allylic oxidation sites excluding steroid dienone is 1. The van der Waals surface area contributed by atoms with E-state index in [1.165, 1.54) is 77.0 Å². The number of aliphatic hydroxyl groups excluding tert-OH is 1. The van der Waals surface area contributed by atoms with Crippen molar-refractivity contribution >= 4 is 0 Å². The molecular weight excluding hydrogens is 376 g/mol. The van der Waals surface area contributed by atoms with E-state index in [0.717, 1.165) is 48.3 Å². The van der Waals surface area contributed by atoms with Crippen molar-refractivity contribution in [1.82, 2.24) is 0 Å². The molecule has 1 nitrogen and oxygen atoms in total. The van der Waals surface area contributed by atoms with Gasteiger partial charge < -0.3 is 5.11 Å². The van der Waals surface area contributed by atoms with Crippen LogP contribution >= 0.6 is 0 Å². The van der Waals surface area contributed by atoms with Crippen molar-refractivity contribution in [3.8, 4) is 0 Å². The molecule has 0 aromatic heterocycles. The monoisotopic (exact) mass is 428 g/mol. The molecule has 178 valence electrons. The van der Waals surface area contributed by atoms with Gasteiger partial charge in [-0.1, -0.05) is 84.8 Å². The average Bonchev–Trinajstić information content (AvgIpc) is 3.41. The topological polar surface area (TPSA) is 20.2 Å². The molecule has 5 rings (SSSR count). The minimum atomic E-state index is -0.0729. The van der Waals surface area contributed by atoms with E-state index in [-0.39, 0.29) is 6.10 Å². The lowest BCUT2D eigenvalue weighted by Gasteiger charge is -2.58. The molecule has 0 aliphatic heterocycles. The Bertz CT molecular complexity index is 630. The van der Waals surface area contributed by atoms with Crippen molar-refractivity contribution in [2.75, 3.05) is 0 Å². The summed E-state index contributed by atoms with van der Waals surface area (Å²) in [5.74, 6) is 5.73. The molecule has 0 amide bonds. The molecule has 8 atom stereocenters. The van der Waals surface area contributed by atoms with Gasteiger partial charge in [-0.15, -0.1) is 0 Å². The predicted octanol–water partition coefficient (Wildman–Crippen LogP) is 8.56. The van der Waals surface area contributed by atoms with E-state index in [1.807, 2.05) is 13.8 Å².